The Morgan fingerprint density at radius 1 is 1.24 bits per heavy atom. The molecule has 0 saturated heterocycles. The van der Waals surface area contributed by atoms with Crippen LogP contribution in [0, 0.1) is 11.8 Å². The van der Waals surface area contributed by atoms with Crippen LogP contribution in [0.15, 0.2) is 32.7 Å². The highest BCUT2D eigenvalue weighted by Crippen LogP contribution is 2.16. The Morgan fingerprint density at radius 2 is 1.92 bits per heavy atom. The molecule has 10 heteroatoms. The molecule has 9 nitrogen and oxygen atoms in total. The average molecular weight is 369 g/mol. The quantitative estimate of drug-likeness (QED) is 0.549. The molecule has 0 radical (unpaired) electrons. The van der Waals surface area contributed by atoms with Crippen molar-refractivity contribution in [1.29, 1.82) is 0 Å². The third-order valence-corrected chi connectivity index (χ3v) is 5.07. The monoisotopic (exact) mass is 369 g/mol. The van der Waals surface area contributed by atoms with Gasteiger partial charge in [0.2, 0.25) is 10.0 Å². The number of aromatic nitrogens is 2. The van der Waals surface area contributed by atoms with Crippen LogP contribution in [0.25, 0.3) is 10.9 Å². The smallest absolute Gasteiger partial charge is 0.326 e. The molecule has 1 unspecified atom stereocenters. The normalized spacial score (nSPS) is 13.2. The van der Waals surface area contributed by atoms with Crippen molar-refractivity contribution in [3.63, 3.8) is 0 Å². The van der Waals surface area contributed by atoms with E-state index in [0.717, 1.165) is 6.07 Å². The zero-order valence-electron chi connectivity index (χ0n) is 13.7. The second-order valence-electron chi connectivity index (χ2n) is 6.13. The number of nitrogens with one attached hydrogen (secondary N) is 3. The molecule has 0 aliphatic carbocycles. The number of rotatable bonds is 7. The van der Waals surface area contributed by atoms with Gasteiger partial charge in [-0.05, 0) is 30.5 Å². The minimum absolute atomic E-state index is 0.0134. The van der Waals surface area contributed by atoms with Crippen molar-refractivity contribution >= 4 is 26.9 Å². The average Bonchev–Trinajstić information content (AvgIpc) is 2.50. The van der Waals surface area contributed by atoms with Gasteiger partial charge in [0.05, 0.1) is 21.7 Å². The maximum Gasteiger partial charge on any atom is 0.326 e. The van der Waals surface area contributed by atoms with Gasteiger partial charge in [0.1, 0.15) is 0 Å². The third-order valence-electron chi connectivity index (χ3n) is 3.65. The number of fused-ring (bicyclic) bond motifs is 1. The van der Waals surface area contributed by atoms with E-state index in [2.05, 4.69) is 9.71 Å². The summed E-state index contributed by atoms with van der Waals surface area (Å²) in [6.45, 7) is 3.44. The van der Waals surface area contributed by atoms with Crippen molar-refractivity contribution in [3.05, 3.63) is 39.0 Å². The Hall–Kier alpha value is -2.46. The van der Waals surface area contributed by atoms with E-state index in [4.69, 9.17) is 0 Å². The molecule has 1 aromatic carbocycles. The molecule has 0 spiro atoms. The molecule has 0 aliphatic heterocycles. The van der Waals surface area contributed by atoms with Crippen LogP contribution in [0.4, 0.5) is 0 Å². The first kappa shape index (κ1) is 18.9. The maximum absolute atomic E-state index is 12.4. The fourth-order valence-corrected chi connectivity index (χ4v) is 3.55. The topological polar surface area (TPSA) is 149 Å². The van der Waals surface area contributed by atoms with Crippen molar-refractivity contribution in [2.24, 2.45) is 11.8 Å². The van der Waals surface area contributed by atoms with Gasteiger partial charge in [-0.3, -0.25) is 14.6 Å². The number of aromatic amines is 2. The lowest BCUT2D eigenvalue weighted by Gasteiger charge is -2.15. The molecular weight excluding hydrogens is 350 g/mol. The number of aliphatic carboxylic acids is 1. The summed E-state index contributed by atoms with van der Waals surface area (Å²) >= 11 is 0. The molecule has 0 amide bonds. The summed E-state index contributed by atoms with van der Waals surface area (Å²) in [7, 11) is -4.00. The van der Waals surface area contributed by atoms with E-state index in [0.29, 0.717) is 6.42 Å². The Balaban J connectivity index is 2.30. The van der Waals surface area contributed by atoms with Gasteiger partial charge in [-0.2, -0.15) is 0 Å². The van der Waals surface area contributed by atoms with Crippen LogP contribution in [0.2, 0.25) is 0 Å². The fraction of sp³-hybridized carbons (Fsp3) is 0.400. The first-order chi connectivity index (χ1) is 11.6. The number of hydrogen-bond acceptors (Lipinski definition) is 5. The molecule has 136 valence electrons. The number of benzene rings is 1. The predicted octanol–water partition coefficient (Wildman–Crippen LogP) is 0.242. The molecule has 2 rings (SSSR count). The van der Waals surface area contributed by atoms with Gasteiger partial charge in [0.15, 0.2) is 0 Å². The molecule has 0 aliphatic rings. The van der Waals surface area contributed by atoms with Gasteiger partial charge in [0, 0.05) is 6.54 Å². The molecule has 1 aromatic heterocycles. The number of carboxylic acid groups (broad SMARTS) is 1. The van der Waals surface area contributed by atoms with Crippen molar-refractivity contribution in [2.45, 2.75) is 25.2 Å². The predicted molar refractivity (Wildman–Crippen MR) is 91.0 cm³/mol. The third kappa shape index (κ3) is 4.54. The molecule has 1 atom stereocenters. The summed E-state index contributed by atoms with van der Waals surface area (Å²) in [5.74, 6) is -1.83. The number of hydrogen-bond donors (Lipinski definition) is 4. The van der Waals surface area contributed by atoms with Gasteiger partial charge in [-0.1, -0.05) is 13.8 Å². The second kappa shape index (κ2) is 7.19. The SMILES string of the molecule is CC(C)CC(CNS(=O)(=O)c1ccc2[nH]c(=O)[nH]c(=O)c2c1)C(=O)O. The molecule has 0 fully saturated rings. The van der Waals surface area contributed by atoms with Crippen molar-refractivity contribution in [2.75, 3.05) is 6.54 Å². The highest BCUT2D eigenvalue weighted by molar-refractivity contribution is 7.89. The lowest BCUT2D eigenvalue weighted by Crippen LogP contribution is -2.33. The number of sulfonamides is 1. The minimum Gasteiger partial charge on any atom is -0.481 e. The van der Waals surface area contributed by atoms with Gasteiger partial charge in [-0.15, -0.1) is 0 Å². The number of H-pyrrole nitrogens is 2. The Morgan fingerprint density at radius 3 is 2.52 bits per heavy atom. The van der Waals surface area contributed by atoms with E-state index in [9.17, 15) is 27.9 Å². The summed E-state index contributed by atoms with van der Waals surface area (Å²) in [5.41, 5.74) is -1.20. The molecule has 0 saturated carbocycles. The van der Waals surface area contributed by atoms with Crippen molar-refractivity contribution in [3.8, 4) is 0 Å². The lowest BCUT2D eigenvalue weighted by molar-refractivity contribution is -0.142. The maximum atomic E-state index is 12.4. The van der Waals surface area contributed by atoms with E-state index in [-0.39, 0.29) is 28.3 Å². The summed E-state index contributed by atoms with van der Waals surface area (Å²) in [5, 5.41) is 9.19. The number of carbonyl (C=O) groups is 1. The molecule has 4 N–H and O–H groups in total. The van der Waals surface area contributed by atoms with E-state index >= 15 is 0 Å². The number of carboxylic acids is 1. The van der Waals surface area contributed by atoms with Crippen LogP contribution < -0.4 is 16.0 Å². The summed E-state index contributed by atoms with van der Waals surface area (Å²) in [6, 6.07) is 3.67. The summed E-state index contributed by atoms with van der Waals surface area (Å²) in [6.07, 6.45) is 0.330. The van der Waals surface area contributed by atoms with Crippen LogP contribution in [0.3, 0.4) is 0 Å². The van der Waals surface area contributed by atoms with E-state index in [1.165, 1.54) is 12.1 Å². The first-order valence-corrected chi connectivity index (χ1v) is 9.07. The highest BCUT2D eigenvalue weighted by atomic mass is 32.2. The van der Waals surface area contributed by atoms with Crippen molar-refractivity contribution < 1.29 is 18.3 Å². The summed E-state index contributed by atoms with van der Waals surface area (Å²) in [4.78, 5) is 38.5. The standard InChI is InChI=1S/C15H19N3O6S/c1-8(2)5-9(14(20)21)7-16-25(23,24)10-3-4-12-11(6-10)13(19)18-15(22)17-12/h3-4,6,8-9,16H,5,7H2,1-2H3,(H,20,21)(H2,17,18,19,22). The largest absolute Gasteiger partial charge is 0.481 e. The molecule has 1 heterocycles. The molecule has 25 heavy (non-hydrogen) atoms. The van der Waals surface area contributed by atoms with Crippen LogP contribution in [-0.2, 0) is 14.8 Å². The van der Waals surface area contributed by atoms with Crippen LogP contribution in [0.5, 0.6) is 0 Å². The van der Waals surface area contributed by atoms with Gasteiger partial charge in [-0.25, -0.2) is 17.9 Å². The van der Waals surface area contributed by atoms with E-state index in [1.807, 2.05) is 18.8 Å². The van der Waals surface area contributed by atoms with Gasteiger partial charge < -0.3 is 10.1 Å². The molecular formula is C15H19N3O6S. The molecule has 2 aromatic rings. The Kier molecular flexibility index (Phi) is 5.43. The van der Waals surface area contributed by atoms with Gasteiger partial charge >= 0.3 is 11.7 Å². The molecule has 0 bridgehead atoms. The van der Waals surface area contributed by atoms with Crippen molar-refractivity contribution in [1.82, 2.24) is 14.7 Å². The van der Waals surface area contributed by atoms with Crippen LogP contribution in [-0.4, -0.2) is 36.0 Å². The van der Waals surface area contributed by atoms with E-state index < -0.39 is 33.2 Å². The Labute approximate surface area is 143 Å². The fourth-order valence-electron chi connectivity index (χ4n) is 2.45. The van der Waals surface area contributed by atoms with E-state index in [1.54, 1.807) is 0 Å². The zero-order chi connectivity index (χ0) is 18.8. The van der Waals surface area contributed by atoms with Crippen LogP contribution in [0.1, 0.15) is 20.3 Å². The van der Waals surface area contributed by atoms with Crippen LogP contribution >= 0.6 is 0 Å². The first-order valence-electron chi connectivity index (χ1n) is 7.59. The zero-order valence-corrected chi connectivity index (χ0v) is 14.5. The highest BCUT2D eigenvalue weighted by Gasteiger charge is 2.23. The minimum atomic E-state index is -4.00. The second-order valence-corrected chi connectivity index (χ2v) is 7.90. The summed E-state index contributed by atoms with van der Waals surface area (Å²) < 4.78 is 27.0. The van der Waals surface area contributed by atoms with Gasteiger partial charge in [0.25, 0.3) is 5.56 Å². The Bertz CT molecular complexity index is 1010. The lowest BCUT2D eigenvalue weighted by atomic mass is 9.98.